The first-order valence-corrected chi connectivity index (χ1v) is 17.1. The van der Waals surface area contributed by atoms with Gasteiger partial charge >= 0.3 is 0 Å². The zero-order valence-corrected chi connectivity index (χ0v) is 23.7. The highest BCUT2D eigenvalue weighted by atomic mass is 32.2. The van der Waals surface area contributed by atoms with Gasteiger partial charge in [-0.25, -0.2) is 4.57 Å². The smallest absolute Gasteiger partial charge is 0.200 e. The topological polar surface area (TPSA) is 3.88 Å². The van der Waals surface area contributed by atoms with Crippen molar-refractivity contribution in [1.82, 2.24) is 0 Å². The van der Waals surface area contributed by atoms with E-state index in [2.05, 4.69) is 113 Å². The fourth-order valence-electron chi connectivity index (χ4n) is 6.09. The molecule has 1 aliphatic rings. The van der Waals surface area contributed by atoms with Gasteiger partial charge in [-0.1, -0.05) is 92.9 Å². The van der Waals surface area contributed by atoms with Gasteiger partial charge in [0.05, 0.1) is 19.0 Å². The molecule has 0 spiro atoms. The van der Waals surface area contributed by atoms with Crippen LogP contribution in [0.4, 0.5) is 0 Å². The number of rotatable bonds is 3. The lowest BCUT2D eigenvalue weighted by Gasteiger charge is -2.27. The van der Waals surface area contributed by atoms with Crippen molar-refractivity contribution in [3.8, 4) is 11.3 Å². The van der Waals surface area contributed by atoms with Crippen molar-refractivity contribution in [1.29, 1.82) is 0 Å². The summed E-state index contributed by atoms with van der Waals surface area (Å²) in [5.41, 5.74) is 5.73. The van der Waals surface area contributed by atoms with Crippen LogP contribution in [0.3, 0.4) is 0 Å². The Balaban J connectivity index is 1.81. The van der Waals surface area contributed by atoms with E-state index in [1.54, 1.807) is 5.19 Å². The Morgan fingerprint density at radius 3 is 2.29 bits per heavy atom. The van der Waals surface area contributed by atoms with Crippen LogP contribution in [0.15, 0.2) is 70.6 Å². The van der Waals surface area contributed by atoms with Gasteiger partial charge in [0.25, 0.3) is 0 Å². The van der Waals surface area contributed by atoms with Crippen molar-refractivity contribution < 1.29 is 4.57 Å². The second-order valence-electron chi connectivity index (χ2n) is 11.6. The first-order chi connectivity index (χ1) is 16.7. The van der Waals surface area contributed by atoms with Gasteiger partial charge in [0.15, 0.2) is 6.20 Å². The molecule has 0 fully saturated rings. The van der Waals surface area contributed by atoms with Crippen molar-refractivity contribution in [2.24, 2.45) is 13.0 Å². The molecule has 176 valence electrons. The van der Waals surface area contributed by atoms with Crippen molar-refractivity contribution in [3.05, 3.63) is 71.9 Å². The molecule has 0 atom stereocenters. The Kier molecular flexibility index (Phi) is 5.18. The lowest BCUT2D eigenvalue weighted by Crippen LogP contribution is -2.38. The number of pyridine rings is 1. The van der Waals surface area contributed by atoms with E-state index in [0.717, 1.165) is 6.42 Å². The Labute approximate surface area is 214 Å². The van der Waals surface area contributed by atoms with Gasteiger partial charge in [0.2, 0.25) is 5.69 Å². The van der Waals surface area contributed by atoms with Crippen LogP contribution in [0.1, 0.15) is 25.0 Å². The lowest BCUT2D eigenvalue weighted by molar-refractivity contribution is -0.659. The van der Waals surface area contributed by atoms with E-state index in [1.807, 2.05) is 11.8 Å². The van der Waals surface area contributed by atoms with Crippen LogP contribution in [0.5, 0.6) is 0 Å². The Bertz CT molecular complexity index is 1670. The monoisotopic (exact) mass is 492 g/mol. The molecule has 0 amide bonds. The maximum absolute atomic E-state index is 2.52. The molecule has 0 aliphatic carbocycles. The van der Waals surface area contributed by atoms with Gasteiger partial charge < -0.3 is 0 Å². The third kappa shape index (κ3) is 3.39. The normalized spacial score (nSPS) is 13.3. The minimum Gasteiger partial charge on any atom is -0.200 e. The van der Waals surface area contributed by atoms with E-state index in [1.165, 1.54) is 64.5 Å². The van der Waals surface area contributed by atoms with E-state index in [-0.39, 0.29) is 0 Å². The maximum atomic E-state index is 2.52. The molecule has 3 heteroatoms. The number of hydrogen-bond acceptors (Lipinski definition) is 1. The Morgan fingerprint density at radius 1 is 0.857 bits per heavy atom. The molecule has 1 aliphatic heterocycles. The number of benzene rings is 4. The molecule has 0 radical (unpaired) electrons. The van der Waals surface area contributed by atoms with Gasteiger partial charge in [0, 0.05) is 21.2 Å². The fraction of sp³-hybridized carbons (Fsp3) is 0.281. The zero-order chi connectivity index (χ0) is 24.6. The summed E-state index contributed by atoms with van der Waals surface area (Å²) in [6.07, 6.45) is 3.37. The summed E-state index contributed by atoms with van der Waals surface area (Å²) in [4.78, 5) is 2.88. The summed E-state index contributed by atoms with van der Waals surface area (Å²) >= 11 is 2.02. The molecule has 4 aromatic carbocycles. The first kappa shape index (κ1) is 22.8. The minimum atomic E-state index is -1.49. The molecular weight excluding hydrogens is 459 g/mol. The highest BCUT2D eigenvalue weighted by Crippen LogP contribution is 2.52. The summed E-state index contributed by atoms with van der Waals surface area (Å²) in [6.45, 7) is 14.4. The van der Waals surface area contributed by atoms with Crippen LogP contribution in [0, 0.1) is 12.8 Å². The van der Waals surface area contributed by atoms with Gasteiger partial charge in [-0.05, 0) is 58.0 Å². The third-order valence-electron chi connectivity index (χ3n) is 7.64. The van der Waals surface area contributed by atoms with Crippen molar-refractivity contribution in [3.63, 3.8) is 0 Å². The Morgan fingerprint density at radius 2 is 1.57 bits per heavy atom. The standard InChI is InChI=1S/C32H34NSSi/c1-19(2)17-26-22-12-9-8-11-21(22)20(3)29-31-30-24(15-16-33(31)4)23-13-10-14-28(35(5,6)7)25(23)18-27(30)34-32(26)29/h8-16,18-19H,17H2,1-7H3/q+1. The summed E-state index contributed by atoms with van der Waals surface area (Å²) in [7, 11) is 0.729. The average Bonchev–Trinajstić information content (AvgIpc) is 2.81. The molecule has 1 aromatic heterocycles. The van der Waals surface area contributed by atoms with Gasteiger partial charge in [-0.2, -0.15) is 0 Å². The van der Waals surface area contributed by atoms with Crippen LogP contribution >= 0.6 is 11.8 Å². The van der Waals surface area contributed by atoms with E-state index in [4.69, 9.17) is 0 Å². The molecule has 0 N–H and O–H groups in total. The van der Waals surface area contributed by atoms with Crippen molar-refractivity contribution in [2.75, 3.05) is 0 Å². The minimum absolute atomic E-state index is 0.604. The highest BCUT2D eigenvalue weighted by molar-refractivity contribution is 8.00. The molecular formula is C32H34NSSi+. The molecule has 6 rings (SSSR count). The SMILES string of the molecule is Cc1c2c(c(CC(C)C)c3ccccc13)Sc1cc3c([Si](C)(C)C)cccc3c3cc[n+](C)c-2c13. The largest absolute Gasteiger partial charge is 0.222 e. The van der Waals surface area contributed by atoms with Gasteiger partial charge in [-0.3, -0.25) is 0 Å². The van der Waals surface area contributed by atoms with Crippen LogP contribution < -0.4 is 9.75 Å². The van der Waals surface area contributed by atoms with Crippen LogP contribution in [-0.4, -0.2) is 8.07 Å². The predicted molar refractivity (Wildman–Crippen MR) is 156 cm³/mol. The van der Waals surface area contributed by atoms with Gasteiger partial charge in [-0.15, -0.1) is 0 Å². The third-order valence-corrected chi connectivity index (χ3v) is 10.9. The lowest BCUT2D eigenvalue weighted by atomic mass is 9.88. The fourth-order valence-corrected chi connectivity index (χ4v) is 9.07. The molecule has 2 heterocycles. The highest BCUT2D eigenvalue weighted by Gasteiger charge is 2.33. The predicted octanol–water partition coefficient (Wildman–Crippen LogP) is 8.15. The molecule has 0 bridgehead atoms. The second kappa shape index (κ2) is 7.94. The van der Waals surface area contributed by atoms with Crippen molar-refractivity contribution >= 4 is 57.3 Å². The van der Waals surface area contributed by atoms with E-state index >= 15 is 0 Å². The zero-order valence-electron chi connectivity index (χ0n) is 21.9. The molecule has 0 saturated carbocycles. The number of aromatic nitrogens is 1. The first-order valence-electron chi connectivity index (χ1n) is 12.8. The number of hydrogen-bond donors (Lipinski definition) is 0. The van der Waals surface area contributed by atoms with E-state index in [0.29, 0.717) is 5.92 Å². The van der Waals surface area contributed by atoms with E-state index < -0.39 is 8.07 Å². The Hall–Kier alpha value is -2.62. The van der Waals surface area contributed by atoms with Gasteiger partial charge in [0.1, 0.15) is 7.05 Å². The molecule has 35 heavy (non-hydrogen) atoms. The van der Waals surface area contributed by atoms with Crippen LogP contribution in [-0.2, 0) is 13.5 Å². The average molecular weight is 493 g/mol. The summed E-state index contributed by atoms with van der Waals surface area (Å²) in [5, 5.41) is 10.0. The number of fused-ring (bicyclic) bond motifs is 5. The number of aryl methyl sites for hydroxylation is 2. The molecule has 1 nitrogen and oxygen atoms in total. The summed E-state index contributed by atoms with van der Waals surface area (Å²) in [6, 6.07) is 20.9. The molecule has 0 unspecified atom stereocenters. The molecule has 5 aromatic rings. The second-order valence-corrected chi connectivity index (χ2v) is 17.7. The van der Waals surface area contributed by atoms with E-state index in [9.17, 15) is 0 Å². The number of nitrogens with zero attached hydrogens (tertiary/aromatic N) is 1. The molecule has 0 saturated heterocycles. The summed E-state index contributed by atoms with van der Waals surface area (Å²) < 4.78 is 2.36. The summed E-state index contributed by atoms with van der Waals surface area (Å²) in [5.74, 6) is 0.604. The van der Waals surface area contributed by atoms with Crippen LogP contribution in [0.25, 0.3) is 43.6 Å². The van der Waals surface area contributed by atoms with Crippen LogP contribution in [0.2, 0.25) is 19.6 Å². The maximum Gasteiger partial charge on any atom is 0.222 e. The quantitative estimate of drug-likeness (QED) is 0.137. The van der Waals surface area contributed by atoms with Crippen molar-refractivity contribution in [2.45, 2.75) is 56.6 Å².